The smallest absolute Gasteiger partial charge is 0.129 e. The van der Waals surface area contributed by atoms with Crippen molar-refractivity contribution in [3.8, 4) is 0 Å². The highest BCUT2D eigenvalue weighted by molar-refractivity contribution is 5.30. The topological polar surface area (TPSA) is 33.1 Å². The van der Waals surface area contributed by atoms with Crippen molar-refractivity contribution >= 4 is 0 Å². The third kappa shape index (κ3) is 2.31. The van der Waals surface area contributed by atoms with Gasteiger partial charge in [-0.15, -0.1) is 0 Å². The van der Waals surface area contributed by atoms with E-state index < -0.39 is 17.7 Å². The van der Waals surface area contributed by atoms with Gasteiger partial charge in [0.2, 0.25) is 0 Å². The summed E-state index contributed by atoms with van der Waals surface area (Å²) in [5, 5.41) is 10.3. The van der Waals surface area contributed by atoms with Crippen LogP contribution in [-0.4, -0.2) is 16.2 Å². The Kier molecular flexibility index (Phi) is 3.49. The minimum atomic E-state index is -0.822. The summed E-state index contributed by atoms with van der Waals surface area (Å²) in [5.74, 6) is -1.36. The maximum absolute atomic E-state index is 13.6. The molecule has 0 radical (unpaired) electrons. The monoisotopic (exact) mass is 275 g/mol. The number of fused-ring (bicyclic) bond motifs is 1. The number of pyridine rings is 1. The highest BCUT2D eigenvalue weighted by Gasteiger charge is 2.30. The number of hydrogen-bond acceptors (Lipinski definition) is 2. The van der Waals surface area contributed by atoms with Crippen molar-refractivity contribution in [3.05, 3.63) is 65.0 Å². The average Bonchev–Trinajstić information content (AvgIpc) is 2.87. The summed E-state index contributed by atoms with van der Waals surface area (Å²) in [6.45, 7) is 0. The number of rotatable bonds is 3. The van der Waals surface area contributed by atoms with E-state index >= 15 is 0 Å². The van der Waals surface area contributed by atoms with E-state index in [4.69, 9.17) is 0 Å². The van der Waals surface area contributed by atoms with E-state index in [1.807, 2.05) is 12.1 Å². The van der Waals surface area contributed by atoms with Crippen LogP contribution in [0, 0.1) is 11.6 Å². The van der Waals surface area contributed by atoms with Gasteiger partial charge in [0.1, 0.15) is 11.6 Å². The first-order chi connectivity index (χ1) is 9.66. The van der Waals surface area contributed by atoms with E-state index in [1.165, 1.54) is 18.2 Å². The van der Waals surface area contributed by atoms with Gasteiger partial charge >= 0.3 is 0 Å². The lowest BCUT2D eigenvalue weighted by molar-refractivity contribution is 0.139. The van der Waals surface area contributed by atoms with Crippen LogP contribution in [-0.2, 0) is 12.8 Å². The third-order valence-corrected chi connectivity index (χ3v) is 3.94. The molecule has 1 aliphatic carbocycles. The molecule has 1 heterocycles. The second-order valence-corrected chi connectivity index (χ2v) is 5.16. The summed E-state index contributed by atoms with van der Waals surface area (Å²) in [5.41, 5.74) is 1.92. The molecule has 0 fully saturated rings. The Hall–Kier alpha value is -1.81. The van der Waals surface area contributed by atoms with Gasteiger partial charge in [-0.05, 0) is 36.6 Å². The molecule has 0 amide bonds. The predicted molar refractivity (Wildman–Crippen MR) is 71.4 cm³/mol. The van der Waals surface area contributed by atoms with E-state index in [-0.39, 0.29) is 17.9 Å². The molecule has 0 aliphatic heterocycles. The van der Waals surface area contributed by atoms with Gasteiger partial charge in [-0.1, -0.05) is 12.1 Å². The summed E-state index contributed by atoms with van der Waals surface area (Å²) >= 11 is 0. The van der Waals surface area contributed by atoms with Crippen molar-refractivity contribution in [2.24, 2.45) is 0 Å². The van der Waals surface area contributed by atoms with Crippen molar-refractivity contribution in [2.75, 3.05) is 0 Å². The SMILES string of the molecule is OC(Cc1c(F)cccc1F)C1CCc2cccnc21. The minimum absolute atomic E-state index is 0.0286. The normalized spacial score (nSPS) is 18.9. The van der Waals surface area contributed by atoms with Crippen LogP contribution in [0.3, 0.4) is 0 Å². The maximum atomic E-state index is 13.6. The number of hydrogen-bond donors (Lipinski definition) is 1. The number of aliphatic hydroxyl groups excluding tert-OH is 1. The number of nitrogens with zero attached hydrogens (tertiary/aromatic N) is 1. The first-order valence-electron chi connectivity index (χ1n) is 6.71. The number of benzene rings is 1. The fraction of sp³-hybridized carbons (Fsp3) is 0.312. The molecule has 2 atom stereocenters. The van der Waals surface area contributed by atoms with Gasteiger partial charge in [0.15, 0.2) is 0 Å². The predicted octanol–water partition coefficient (Wildman–Crippen LogP) is 2.99. The molecule has 2 nitrogen and oxygen atoms in total. The summed E-state index contributed by atoms with van der Waals surface area (Å²) in [4.78, 5) is 4.30. The molecule has 1 aliphatic rings. The average molecular weight is 275 g/mol. The fourth-order valence-corrected chi connectivity index (χ4v) is 2.90. The van der Waals surface area contributed by atoms with Crippen LogP contribution < -0.4 is 0 Å². The van der Waals surface area contributed by atoms with Gasteiger partial charge < -0.3 is 5.11 Å². The first-order valence-corrected chi connectivity index (χ1v) is 6.71. The molecule has 1 aromatic heterocycles. The van der Waals surface area contributed by atoms with Crippen LogP contribution in [0.1, 0.15) is 29.2 Å². The molecule has 0 bridgehead atoms. The molecule has 0 saturated carbocycles. The third-order valence-electron chi connectivity index (χ3n) is 3.94. The van der Waals surface area contributed by atoms with Gasteiger partial charge in [-0.25, -0.2) is 8.78 Å². The van der Waals surface area contributed by atoms with E-state index in [2.05, 4.69) is 4.98 Å². The number of aliphatic hydroxyl groups is 1. The molecule has 4 heteroatoms. The van der Waals surface area contributed by atoms with Crippen LogP contribution in [0.2, 0.25) is 0 Å². The molecule has 104 valence electrons. The summed E-state index contributed by atoms with van der Waals surface area (Å²) in [6.07, 6.45) is 2.46. The zero-order chi connectivity index (χ0) is 14.1. The van der Waals surface area contributed by atoms with Crippen LogP contribution in [0.4, 0.5) is 8.78 Å². The van der Waals surface area contributed by atoms with Crippen LogP contribution in [0.15, 0.2) is 36.5 Å². The molecule has 0 spiro atoms. The minimum Gasteiger partial charge on any atom is -0.392 e. The van der Waals surface area contributed by atoms with E-state index in [1.54, 1.807) is 6.20 Å². The number of halogens is 2. The first kappa shape index (κ1) is 13.2. The lowest BCUT2D eigenvalue weighted by Gasteiger charge is -2.19. The van der Waals surface area contributed by atoms with Crippen molar-refractivity contribution in [2.45, 2.75) is 31.3 Å². The summed E-state index contributed by atoms with van der Waals surface area (Å²) in [7, 11) is 0. The molecular formula is C16H15F2NO. The van der Waals surface area contributed by atoms with Crippen LogP contribution in [0.25, 0.3) is 0 Å². The molecule has 3 rings (SSSR count). The molecule has 1 aromatic carbocycles. The van der Waals surface area contributed by atoms with Crippen molar-refractivity contribution in [1.82, 2.24) is 4.98 Å². The molecule has 1 N–H and O–H groups in total. The maximum Gasteiger partial charge on any atom is 0.129 e. The molecular weight excluding hydrogens is 260 g/mol. The number of aromatic nitrogens is 1. The second-order valence-electron chi connectivity index (χ2n) is 5.16. The van der Waals surface area contributed by atoms with E-state index in [0.717, 1.165) is 24.1 Å². The van der Waals surface area contributed by atoms with E-state index in [0.29, 0.717) is 0 Å². The van der Waals surface area contributed by atoms with Crippen molar-refractivity contribution < 1.29 is 13.9 Å². The summed E-state index contributed by atoms with van der Waals surface area (Å²) < 4.78 is 27.3. The molecule has 0 saturated heterocycles. The van der Waals surface area contributed by atoms with Gasteiger partial charge in [-0.3, -0.25) is 4.98 Å². The zero-order valence-corrected chi connectivity index (χ0v) is 10.9. The quantitative estimate of drug-likeness (QED) is 0.934. The van der Waals surface area contributed by atoms with Gasteiger partial charge in [0.25, 0.3) is 0 Å². The summed E-state index contributed by atoms with van der Waals surface area (Å²) in [6, 6.07) is 7.60. The van der Waals surface area contributed by atoms with Crippen LogP contribution >= 0.6 is 0 Å². The zero-order valence-electron chi connectivity index (χ0n) is 10.9. The Morgan fingerprint density at radius 2 is 1.95 bits per heavy atom. The highest BCUT2D eigenvalue weighted by atomic mass is 19.1. The lowest BCUT2D eigenvalue weighted by atomic mass is 9.93. The Morgan fingerprint density at radius 1 is 1.20 bits per heavy atom. The van der Waals surface area contributed by atoms with E-state index in [9.17, 15) is 13.9 Å². The second kappa shape index (κ2) is 5.29. The lowest BCUT2D eigenvalue weighted by Crippen LogP contribution is -2.21. The standard InChI is InChI=1S/C16H15F2NO/c17-13-4-1-5-14(18)12(13)9-15(20)11-7-6-10-3-2-8-19-16(10)11/h1-5,8,11,15,20H,6-7,9H2. The van der Waals surface area contributed by atoms with Gasteiger partial charge in [0.05, 0.1) is 6.10 Å². The molecule has 2 aromatic rings. The Bertz CT molecular complexity index is 609. The Morgan fingerprint density at radius 3 is 2.70 bits per heavy atom. The molecule has 2 unspecified atom stereocenters. The van der Waals surface area contributed by atoms with Crippen molar-refractivity contribution in [3.63, 3.8) is 0 Å². The van der Waals surface area contributed by atoms with Crippen molar-refractivity contribution in [1.29, 1.82) is 0 Å². The van der Waals surface area contributed by atoms with Gasteiger partial charge in [-0.2, -0.15) is 0 Å². The Labute approximate surface area is 116 Å². The highest BCUT2D eigenvalue weighted by Crippen LogP contribution is 2.35. The number of aryl methyl sites for hydroxylation is 1. The van der Waals surface area contributed by atoms with Gasteiger partial charge in [0, 0.05) is 29.8 Å². The van der Waals surface area contributed by atoms with Crippen LogP contribution in [0.5, 0.6) is 0 Å². The molecule has 20 heavy (non-hydrogen) atoms. The Balaban J connectivity index is 1.83. The fourth-order valence-electron chi connectivity index (χ4n) is 2.90. The largest absolute Gasteiger partial charge is 0.392 e.